The number of anilines is 1. The number of rotatable bonds is 9. The quantitative estimate of drug-likeness (QED) is 0.481. The van der Waals surface area contributed by atoms with E-state index in [2.05, 4.69) is 28.2 Å². The van der Waals surface area contributed by atoms with E-state index in [1.54, 1.807) is 6.20 Å². The van der Waals surface area contributed by atoms with Gasteiger partial charge in [0.05, 0.1) is 11.9 Å². The first kappa shape index (κ1) is 18.1. The van der Waals surface area contributed by atoms with E-state index in [0.717, 1.165) is 30.5 Å². The van der Waals surface area contributed by atoms with E-state index in [-0.39, 0.29) is 17.6 Å². The second-order valence-electron chi connectivity index (χ2n) is 5.31. The van der Waals surface area contributed by atoms with Gasteiger partial charge in [0, 0.05) is 24.2 Å². The van der Waals surface area contributed by atoms with Gasteiger partial charge in [-0.3, -0.25) is 9.59 Å². The first-order valence-corrected chi connectivity index (χ1v) is 8.48. The molecule has 0 bridgehead atoms. The topological polar surface area (TPSA) is 84.2 Å². The van der Waals surface area contributed by atoms with Gasteiger partial charge < -0.3 is 15.1 Å². The number of amides is 2. The fraction of sp³-hybridized carbons (Fsp3) is 0.353. The molecule has 0 radical (unpaired) electrons. The van der Waals surface area contributed by atoms with Crippen molar-refractivity contribution < 1.29 is 14.0 Å². The molecule has 0 atom stereocenters. The smallest absolute Gasteiger partial charge is 0.229 e. The van der Waals surface area contributed by atoms with E-state index in [1.807, 2.05) is 24.3 Å². The normalized spacial score (nSPS) is 10.4. The molecule has 2 amide bonds. The summed E-state index contributed by atoms with van der Waals surface area (Å²) < 4.78 is 5.25. The van der Waals surface area contributed by atoms with Crippen molar-refractivity contribution in [3.05, 3.63) is 36.9 Å². The summed E-state index contributed by atoms with van der Waals surface area (Å²) in [7, 11) is 0. The number of benzene rings is 1. The Balaban J connectivity index is 1.69. The standard InChI is InChI=1S/C17H21N3O3S/c21-16(7-2-1-3-8-19-17(22)11-24)20-14-6-4-5-13(9-14)15-10-18-12-23-15/h4-6,9-10,12,24H,1-3,7-8,11H2,(H,19,22)(H,20,21). The monoisotopic (exact) mass is 347 g/mol. The highest BCUT2D eigenvalue weighted by atomic mass is 32.1. The summed E-state index contributed by atoms with van der Waals surface area (Å²) in [6.07, 6.45) is 5.98. The van der Waals surface area contributed by atoms with Gasteiger partial charge in [-0.15, -0.1) is 0 Å². The van der Waals surface area contributed by atoms with Gasteiger partial charge in [0.1, 0.15) is 0 Å². The van der Waals surface area contributed by atoms with Crippen molar-refractivity contribution in [2.75, 3.05) is 17.6 Å². The minimum atomic E-state index is -0.0669. The Labute approximate surface area is 146 Å². The van der Waals surface area contributed by atoms with Crippen molar-refractivity contribution >= 4 is 30.1 Å². The molecule has 7 heteroatoms. The molecule has 1 aromatic heterocycles. The number of hydrogen-bond acceptors (Lipinski definition) is 5. The second kappa shape index (κ2) is 9.77. The van der Waals surface area contributed by atoms with Crippen molar-refractivity contribution in [3.63, 3.8) is 0 Å². The predicted octanol–water partition coefficient (Wildman–Crippen LogP) is 2.89. The SMILES string of the molecule is O=C(CS)NCCCCCC(=O)Nc1cccc(-c2cnco2)c1. The van der Waals surface area contributed by atoms with Gasteiger partial charge in [0.15, 0.2) is 12.2 Å². The van der Waals surface area contributed by atoms with Crippen LogP contribution in [0, 0.1) is 0 Å². The summed E-state index contributed by atoms with van der Waals surface area (Å²) in [5.41, 5.74) is 1.60. The van der Waals surface area contributed by atoms with Crippen LogP contribution in [0.15, 0.2) is 41.3 Å². The molecule has 128 valence electrons. The van der Waals surface area contributed by atoms with Crippen molar-refractivity contribution in [2.24, 2.45) is 0 Å². The van der Waals surface area contributed by atoms with E-state index >= 15 is 0 Å². The van der Waals surface area contributed by atoms with Gasteiger partial charge in [0.2, 0.25) is 11.8 Å². The average molecular weight is 347 g/mol. The minimum absolute atomic E-state index is 0.0240. The molecular formula is C17H21N3O3S. The lowest BCUT2D eigenvalue weighted by Gasteiger charge is -2.07. The van der Waals surface area contributed by atoms with Crippen LogP contribution >= 0.6 is 12.6 Å². The van der Waals surface area contributed by atoms with Crippen LogP contribution in [0.3, 0.4) is 0 Å². The van der Waals surface area contributed by atoms with Crippen LogP contribution < -0.4 is 10.6 Å². The third-order valence-electron chi connectivity index (χ3n) is 3.41. The Morgan fingerprint density at radius 1 is 1.17 bits per heavy atom. The number of thiol groups is 1. The maximum atomic E-state index is 12.0. The molecule has 6 nitrogen and oxygen atoms in total. The largest absolute Gasteiger partial charge is 0.444 e. The zero-order valence-corrected chi connectivity index (χ0v) is 14.2. The van der Waals surface area contributed by atoms with Crippen LogP contribution in [0.1, 0.15) is 25.7 Å². The van der Waals surface area contributed by atoms with E-state index in [0.29, 0.717) is 18.7 Å². The zero-order valence-electron chi connectivity index (χ0n) is 13.3. The second-order valence-corrected chi connectivity index (χ2v) is 5.63. The van der Waals surface area contributed by atoms with Gasteiger partial charge in [-0.1, -0.05) is 18.6 Å². The van der Waals surface area contributed by atoms with Crippen LogP contribution in [0.5, 0.6) is 0 Å². The van der Waals surface area contributed by atoms with Crippen LogP contribution in [0.4, 0.5) is 5.69 Å². The summed E-state index contributed by atoms with van der Waals surface area (Å²) in [6.45, 7) is 0.625. The summed E-state index contributed by atoms with van der Waals surface area (Å²) in [5, 5.41) is 5.63. The van der Waals surface area contributed by atoms with Crippen LogP contribution in [0.25, 0.3) is 11.3 Å². The maximum absolute atomic E-state index is 12.0. The maximum Gasteiger partial charge on any atom is 0.229 e. The molecule has 0 saturated heterocycles. The summed E-state index contributed by atoms with van der Waals surface area (Å²) in [6, 6.07) is 7.45. The number of oxazole rings is 1. The molecular weight excluding hydrogens is 326 g/mol. The first-order valence-electron chi connectivity index (χ1n) is 7.85. The van der Waals surface area contributed by atoms with E-state index in [4.69, 9.17) is 4.42 Å². The molecule has 2 rings (SSSR count). The number of unbranched alkanes of at least 4 members (excludes halogenated alkanes) is 2. The molecule has 0 fully saturated rings. The Kier molecular flexibility index (Phi) is 7.35. The summed E-state index contributed by atoms with van der Waals surface area (Å²) in [4.78, 5) is 26.9. The van der Waals surface area contributed by atoms with Gasteiger partial charge in [-0.05, 0) is 25.0 Å². The molecule has 1 aromatic carbocycles. The van der Waals surface area contributed by atoms with E-state index in [9.17, 15) is 9.59 Å². The molecule has 24 heavy (non-hydrogen) atoms. The molecule has 0 unspecified atom stereocenters. The van der Waals surface area contributed by atoms with Crippen molar-refractivity contribution in [2.45, 2.75) is 25.7 Å². The highest BCUT2D eigenvalue weighted by Gasteiger charge is 2.06. The molecule has 2 N–H and O–H groups in total. The van der Waals surface area contributed by atoms with Gasteiger partial charge >= 0.3 is 0 Å². The first-order chi connectivity index (χ1) is 11.7. The van der Waals surface area contributed by atoms with Gasteiger partial charge in [-0.2, -0.15) is 12.6 Å². The molecule has 0 saturated carbocycles. The lowest BCUT2D eigenvalue weighted by Crippen LogP contribution is -2.25. The van der Waals surface area contributed by atoms with Crippen LogP contribution in [-0.4, -0.2) is 29.1 Å². The molecule has 2 aromatic rings. The predicted molar refractivity (Wildman–Crippen MR) is 95.9 cm³/mol. The number of carbonyl (C=O) groups is 2. The lowest BCUT2D eigenvalue weighted by atomic mass is 10.1. The Bertz CT molecular complexity index is 659. The van der Waals surface area contributed by atoms with Gasteiger partial charge in [-0.25, -0.2) is 4.98 Å². The van der Waals surface area contributed by atoms with Gasteiger partial charge in [0.25, 0.3) is 0 Å². The molecule has 0 aliphatic heterocycles. The van der Waals surface area contributed by atoms with Crippen molar-refractivity contribution in [1.29, 1.82) is 0 Å². The summed E-state index contributed by atoms with van der Waals surface area (Å²) in [5.74, 6) is 0.774. The number of aromatic nitrogens is 1. The molecule has 0 spiro atoms. The molecule has 0 aliphatic rings. The Hall–Kier alpha value is -2.28. The number of nitrogens with one attached hydrogen (secondary N) is 2. The van der Waals surface area contributed by atoms with E-state index < -0.39 is 0 Å². The number of nitrogens with zero attached hydrogens (tertiary/aromatic N) is 1. The minimum Gasteiger partial charge on any atom is -0.444 e. The summed E-state index contributed by atoms with van der Waals surface area (Å²) >= 11 is 3.89. The number of hydrogen-bond donors (Lipinski definition) is 3. The van der Waals surface area contributed by atoms with E-state index in [1.165, 1.54) is 6.39 Å². The third kappa shape index (κ3) is 6.08. The molecule has 1 heterocycles. The van der Waals surface area contributed by atoms with Crippen molar-refractivity contribution in [3.8, 4) is 11.3 Å². The Morgan fingerprint density at radius 2 is 2.04 bits per heavy atom. The fourth-order valence-electron chi connectivity index (χ4n) is 2.20. The zero-order chi connectivity index (χ0) is 17.2. The highest BCUT2D eigenvalue weighted by Crippen LogP contribution is 2.22. The Morgan fingerprint density at radius 3 is 2.79 bits per heavy atom. The van der Waals surface area contributed by atoms with Crippen LogP contribution in [-0.2, 0) is 9.59 Å². The van der Waals surface area contributed by atoms with Crippen LogP contribution in [0.2, 0.25) is 0 Å². The fourth-order valence-corrected chi connectivity index (χ4v) is 2.31. The highest BCUT2D eigenvalue weighted by molar-refractivity contribution is 7.81. The number of carbonyl (C=O) groups excluding carboxylic acids is 2. The lowest BCUT2D eigenvalue weighted by molar-refractivity contribution is -0.118. The third-order valence-corrected chi connectivity index (χ3v) is 3.70. The average Bonchev–Trinajstić information content (AvgIpc) is 3.12. The van der Waals surface area contributed by atoms with Crippen molar-refractivity contribution in [1.82, 2.24) is 10.3 Å². The molecule has 0 aliphatic carbocycles.